The van der Waals surface area contributed by atoms with Crippen LogP contribution in [0.5, 0.6) is 0 Å². The van der Waals surface area contributed by atoms with Crippen molar-refractivity contribution < 1.29 is 18.7 Å². The van der Waals surface area contributed by atoms with Crippen LogP contribution in [0.2, 0.25) is 0 Å². The smallest absolute Gasteiger partial charge is 0.220 e. The Morgan fingerprint density at radius 3 is 2.43 bits per heavy atom. The zero-order valence-electron chi connectivity index (χ0n) is 15.9. The Bertz CT molecular complexity index is 965. The van der Waals surface area contributed by atoms with Crippen molar-refractivity contribution in [2.75, 3.05) is 6.61 Å². The summed E-state index contributed by atoms with van der Waals surface area (Å²) >= 11 is 0. The molecular formula is C22H24F2N2O2. The average molecular weight is 386 g/mol. The van der Waals surface area contributed by atoms with E-state index in [-0.39, 0.29) is 42.5 Å². The van der Waals surface area contributed by atoms with Crippen molar-refractivity contribution in [1.29, 1.82) is 0 Å². The lowest BCUT2D eigenvalue weighted by molar-refractivity contribution is -0.122. The van der Waals surface area contributed by atoms with E-state index in [4.69, 9.17) is 0 Å². The van der Waals surface area contributed by atoms with Crippen molar-refractivity contribution in [3.8, 4) is 11.3 Å². The molecule has 3 rings (SSSR count). The van der Waals surface area contributed by atoms with Gasteiger partial charge < -0.3 is 15.4 Å². The number of aromatic amines is 1. The summed E-state index contributed by atoms with van der Waals surface area (Å²) in [6.07, 6.45) is 0.582. The number of amides is 1. The van der Waals surface area contributed by atoms with Crippen molar-refractivity contribution in [1.82, 2.24) is 10.3 Å². The number of aromatic nitrogens is 1. The van der Waals surface area contributed by atoms with Gasteiger partial charge in [-0.25, -0.2) is 8.78 Å². The molecule has 0 aliphatic heterocycles. The Morgan fingerprint density at radius 1 is 1.11 bits per heavy atom. The Labute approximate surface area is 162 Å². The zero-order valence-corrected chi connectivity index (χ0v) is 15.9. The molecule has 1 amide bonds. The van der Waals surface area contributed by atoms with Gasteiger partial charge in [0.2, 0.25) is 5.91 Å². The van der Waals surface area contributed by atoms with E-state index in [9.17, 15) is 18.7 Å². The van der Waals surface area contributed by atoms with E-state index in [2.05, 4.69) is 10.3 Å². The lowest BCUT2D eigenvalue weighted by Gasteiger charge is -2.19. The van der Waals surface area contributed by atoms with Crippen molar-refractivity contribution >= 4 is 16.8 Å². The Morgan fingerprint density at radius 2 is 1.79 bits per heavy atom. The highest BCUT2D eigenvalue weighted by atomic mass is 19.1. The molecule has 3 aromatic rings. The number of aliphatic hydroxyl groups excluding tert-OH is 1. The van der Waals surface area contributed by atoms with Crippen molar-refractivity contribution in [3.05, 3.63) is 59.7 Å². The van der Waals surface area contributed by atoms with E-state index in [0.717, 1.165) is 22.3 Å². The van der Waals surface area contributed by atoms with Gasteiger partial charge in [0.25, 0.3) is 0 Å². The van der Waals surface area contributed by atoms with Crippen molar-refractivity contribution in [3.63, 3.8) is 0 Å². The van der Waals surface area contributed by atoms with Gasteiger partial charge in [-0.1, -0.05) is 13.8 Å². The molecule has 0 saturated heterocycles. The van der Waals surface area contributed by atoms with Crippen molar-refractivity contribution in [2.45, 2.75) is 32.7 Å². The molecule has 0 fully saturated rings. The van der Waals surface area contributed by atoms with Crippen LogP contribution in [0.15, 0.2) is 42.5 Å². The molecule has 1 unspecified atom stereocenters. The van der Waals surface area contributed by atoms with Crippen LogP contribution in [0.3, 0.4) is 0 Å². The summed E-state index contributed by atoms with van der Waals surface area (Å²) in [5.41, 5.74) is 3.08. The molecule has 4 nitrogen and oxygen atoms in total. The predicted molar refractivity (Wildman–Crippen MR) is 106 cm³/mol. The molecule has 0 bridgehead atoms. The maximum Gasteiger partial charge on any atom is 0.220 e. The first-order valence-electron chi connectivity index (χ1n) is 9.35. The largest absolute Gasteiger partial charge is 0.394 e. The summed E-state index contributed by atoms with van der Waals surface area (Å²) in [7, 11) is 0. The fourth-order valence-corrected chi connectivity index (χ4v) is 3.28. The molecule has 3 N–H and O–H groups in total. The average Bonchev–Trinajstić information content (AvgIpc) is 3.02. The van der Waals surface area contributed by atoms with Gasteiger partial charge in [0.1, 0.15) is 11.6 Å². The molecule has 1 atom stereocenters. The molecule has 1 aromatic heterocycles. The third kappa shape index (κ3) is 4.39. The third-order valence-electron chi connectivity index (χ3n) is 4.95. The number of benzene rings is 2. The maximum absolute atomic E-state index is 13.8. The second kappa shape index (κ2) is 8.52. The number of halogens is 2. The minimum atomic E-state index is -0.358. The number of carbonyl (C=O) groups excluding carboxylic acids is 1. The van der Waals surface area contributed by atoms with E-state index in [1.807, 2.05) is 13.8 Å². The minimum absolute atomic E-state index is 0.117. The van der Waals surface area contributed by atoms with Crippen LogP contribution in [0, 0.1) is 17.6 Å². The molecule has 148 valence electrons. The highest BCUT2D eigenvalue weighted by Gasteiger charge is 2.18. The number of rotatable bonds is 7. The van der Waals surface area contributed by atoms with Crippen LogP contribution < -0.4 is 5.32 Å². The lowest BCUT2D eigenvalue weighted by atomic mass is 10.00. The van der Waals surface area contributed by atoms with Crippen LogP contribution in [0.4, 0.5) is 8.78 Å². The molecule has 2 aromatic carbocycles. The number of nitrogens with one attached hydrogen (secondary N) is 2. The predicted octanol–water partition coefficient (Wildman–Crippen LogP) is 4.18. The van der Waals surface area contributed by atoms with Crippen LogP contribution in [-0.2, 0) is 11.2 Å². The number of H-pyrrole nitrogens is 1. The highest BCUT2D eigenvalue weighted by Crippen LogP contribution is 2.32. The highest BCUT2D eigenvalue weighted by molar-refractivity contribution is 5.91. The van der Waals surface area contributed by atoms with Gasteiger partial charge in [-0.3, -0.25) is 4.79 Å². The SMILES string of the molecule is CC(C)C(CO)NC(=O)CCc1c(-c2ccc(F)cc2)[nH]c2ccc(F)cc12. The fourth-order valence-electron chi connectivity index (χ4n) is 3.28. The van der Waals surface area contributed by atoms with Gasteiger partial charge in [0, 0.05) is 23.0 Å². The van der Waals surface area contributed by atoms with Crippen LogP contribution in [0.25, 0.3) is 22.2 Å². The molecule has 28 heavy (non-hydrogen) atoms. The van der Waals surface area contributed by atoms with Gasteiger partial charge in [0.05, 0.1) is 12.6 Å². The molecule has 0 aliphatic carbocycles. The van der Waals surface area contributed by atoms with Gasteiger partial charge in [-0.15, -0.1) is 0 Å². The van der Waals surface area contributed by atoms with E-state index < -0.39 is 0 Å². The molecule has 1 heterocycles. The Kier molecular flexibility index (Phi) is 6.09. The number of hydrogen-bond acceptors (Lipinski definition) is 2. The fraction of sp³-hybridized carbons (Fsp3) is 0.318. The number of aliphatic hydroxyl groups is 1. The first-order chi connectivity index (χ1) is 13.4. The van der Waals surface area contributed by atoms with Gasteiger partial charge in [-0.2, -0.15) is 0 Å². The van der Waals surface area contributed by atoms with Gasteiger partial charge in [-0.05, 0) is 65.9 Å². The second-order valence-electron chi connectivity index (χ2n) is 7.28. The maximum atomic E-state index is 13.8. The molecular weight excluding hydrogens is 362 g/mol. The van der Waals surface area contributed by atoms with Crippen LogP contribution in [0.1, 0.15) is 25.8 Å². The zero-order chi connectivity index (χ0) is 20.3. The lowest BCUT2D eigenvalue weighted by Crippen LogP contribution is -2.41. The van der Waals surface area contributed by atoms with E-state index in [1.165, 1.54) is 24.3 Å². The molecule has 0 radical (unpaired) electrons. The third-order valence-corrected chi connectivity index (χ3v) is 4.95. The Balaban J connectivity index is 1.90. The minimum Gasteiger partial charge on any atom is -0.394 e. The Hall–Kier alpha value is -2.73. The summed E-state index contributed by atoms with van der Waals surface area (Å²) in [6, 6.07) is 10.2. The summed E-state index contributed by atoms with van der Waals surface area (Å²) in [5, 5.41) is 12.9. The monoisotopic (exact) mass is 386 g/mol. The summed E-state index contributed by atoms with van der Waals surface area (Å²) in [4.78, 5) is 15.6. The number of carbonyl (C=O) groups is 1. The summed E-state index contributed by atoms with van der Waals surface area (Å²) < 4.78 is 27.1. The van der Waals surface area contributed by atoms with Crippen LogP contribution in [-0.4, -0.2) is 28.6 Å². The van der Waals surface area contributed by atoms with Crippen LogP contribution >= 0.6 is 0 Å². The second-order valence-corrected chi connectivity index (χ2v) is 7.28. The number of hydrogen-bond donors (Lipinski definition) is 3. The summed E-state index contributed by atoms with van der Waals surface area (Å²) in [5.74, 6) is -0.756. The molecule has 0 saturated carbocycles. The molecule has 6 heteroatoms. The topological polar surface area (TPSA) is 65.1 Å². The van der Waals surface area contributed by atoms with E-state index in [1.54, 1.807) is 18.2 Å². The first-order valence-corrected chi connectivity index (χ1v) is 9.35. The van der Waals surface area contributed by atoms with E-state index >= 15 is 0 Å². The van der Waals surface area contributed by atoms with Gasteiger partial charge in [0.15, 0.2) is 0 Å². The van der Waals surface area contributed by atoms with Gasteiger partial charge >= 0.3 is 0 Å². The normalized spacial score (nSPS) is 12.5. The quantitative estimate of drug-likeness (QED) is 0.570. The number of fused-ring (bicyclic) bond motifs is 1. The first kappa shape index (κ1) is 20.0. The molecule has 0 aliphatic rings. The van der Waals surface area contributed by atoms with Crippen molar-refractivity contribution in [2.24, 2.45) is 5.92 Å². The van der Waals surface area contributed by atoms with E-state index in [0.29, 0.717) is 11.8 Å². The number of aryl methyl sites for hydroxylation is 1. The molecule has 0 spiro atoms. The summed E-state index contributed by atoms with van der Waals surface area (Å²) in [6.45, 7) is 3.73. The standard InChI is InChI=1S/C22H24F2N2O2/c1-13(2)20(12-27)25-21(28)10-8-17-18-11-16(24)7-9-19(18)26-22(17)14-3-5-15(23)6-4-14/h3-7,9,11,13,20,26-27H,8,10,12H2,1-2H3,(H,25,28).